The second-order valence-electron chi connectivity index (χ2n) is 2.47. The molecule has 0 atom stereocenters. The van der Waals surface area contributed by atoms with E-state index < -0.39 is 0 Å². The lowest BCUT2D eigenvalue weighted by molar-refractivity contribution is -0.0761. The number of carbonyl (C=O) groups is 1. The van der Waals surface area contributed by atoms with Crippen LogP contribution in [0.15, 0.2) is 16.7 Å². The topological polar surface area (TPSA) is 42.4 Å². The molecule has 1 rings (SSSR count). The number of hydroxylamine groups is 2. The summed E-state index contributed by atoms with van der Waals surface area (Å²) in [6.45, 7) is 0. The Balaban J connectivity index is 3.02. The van der Waals surface area contributed by atoms with Gasteiger partial charge >= 0.3 is 0 Å². The molecule has 0 aliphatic heterocycles. The van der Waals surface area contributed by atoms with Crippen LogP contribution in [0.3, 0.4) is 0 Å². The quantitative estimate of drug-likeness (QED) is 0.591. The molecule has 0 N–H and O–H groups in total. The molecule has 76 valence electrons. The number of rotatable bonds is 2. The van der Waals surface area contributed by atoms with Crippen molar-refractivity contribution in [2.24, 2.45) is 0 Å². The summed E-state index contributed by atoms with van der Waals surface area (Å²) < 4.78 is 1.63. The zero-order chi connectivity index (χ0) is 10.7. The van der Waals surface area contributed by atoms with Crippen LogP contribution in [0.1, 0.15) is 10.5 Å². The number of hydrogen-bond acceptors (Lipinski definition) is 3. The first-order valence-electron chi connectivity index (χ1n) is 3.69. The zero-order valence-corrected chi connectivity index (χ0v) is 11.4. The van der Waals surface area contributed by atoms with Crippen molar-refractivity contribution >= 4 is 44.4 Å². The summed E-state index contributed by atoms with van der Waals surface area (Å²) in [4.78, 5) is 20.4. The van der Waals surface area contributed by atoms with E-state index in [1.165, 1.54) is 7.11 Å². The van der Waals surface area contributed by atoms with E-state index in [0.29, 0.717) is 5.69 Å². The largest absolute Gasteiger partial charge is 0.296 e. The van der Waals surface area contributed by atoms with Gasteiger partial charge in [0.15, 0.2) is 0 Å². The number of hydrogen-bond donors (Lipinski definition) is 0. The van der Waals surface area contributed by atoms with Gasteiger partial charge in [0, 0.05) is 21.3 Å². The van der Waals surface area contributed by atoms with Crippen LogP contribution < -0.4 is 0 Å². The van der Waals surface area contributed by atoms with Gasteiger partial charge in [0.2, 0.25) is 0 Å². The minimum absolute atomic E-state index is 0.260. The van der Waals surface area contributed by atoms with Crippen molar-refractivity contribution in [2.45, 2.75) is 0 Å². The molecule has 0 aliphatic rings. The third kappa shape index (κ3) is 2.64. The van der Waals surface area contributed by atoms with Crippen molar-refractivity contribution < 1.29 is 9.63 Å². The first kappa shape index (κ1) is 11.9. The molecule has 0 spiro atoms. The average Bonchev–Trinajstić information content (AvgIpc) is 2.15. The van der Waals surface area contributed by atoms with Crippen LogP contribution in [0.4, 0.5) is 0 Å². The highest BCUT2D eigenvalue weighted by Crippen LogP contribution is 2.16. The molecule has 1 heterocycles. The molecule has 14 heavy (non-hydrogen) atoms. The van der Waals surface area contributed by atoms with Crippen molar-refractivity contribution in [3.05, 3.63) is 26.0 Å². The summed E-state index contributed by atoms with van der Waals surface area (Å²) in [5.41, 5.74) is 0.387. The summed E-state index contributed by atoms with van der Waals surface area (Å²) >= 11 is 5.33. The molecule has 0 aliphatic carbocycles. The number of pyridine rings is 1. The molecule has 0 saturated carbocycles. The van der Waals surface area contributed by atoms with Crippen LogP contribution in [0.5, 0.6) is 0 Å². The number of carbonyl (C=O) groups excluding carboxylic acids is 1. The van der Waals surface area contributed by atoms with E-state index in [1.54, 1.807) is 13.2 Å². The van der Waals surface area contributed by atoms with Crippen molar-refractivity contribution in [3.8, 4) is 0 Å². The van der Waals surface area contributed by atoms with E-state index in [0.717, 1.165) is 13.1 Å². The van der Waals surface area contributed by atoms with Crippen LogP contribution in [0.2, 0.25) is 0 Å². The SMILES string of the molecule is CON(C)C(=O)c1ncc(Br)cc1I. The fourth-order valence-corrected chi connectivity index (χ4v) is 2.27. The number of amides is 1. The van der Waals surface area contributed by atoms with Crippen molar-refractivity contribution in [1.29, 1.82) is 0 Å². The van der Waals surface area contributed by atoms with Crippen molar-refractivity contribution in [3.63, 3.8) is 0 Å². The van der Waals surface area contributed by atoms with Gasteiger partial charge < -0.3 is 0 Å². The Bertz CT molecular complexity index is 359. The zero-order valence-electron chi connectivity index (χ0n) is 7.62. The second-order valence-corrected chi connectivity index (χ2v) is 4.55. The Morgan fingerprint density at radius 2 is 2.36 bits per heavy atom. The van der Waals surface area contributed by atoms with E-state index in [4.69, 9.17) is 4.84 Å². The Morgan fingerprint density at radius 1 is 1.71 bits per heavy atom. The van der Waals surface area contributed by atoms with Gasteiger partial charge in [-0.3, -0.25) is 9.63 Å². The highest BCUT2D eigenvalue weighted by molar-refractivity contribution is 14.1. The summed E-state index contributed by atoms with van der Waals surface area (Å²) in [6.07, 6.45) is 1.58. The summed E-state index contributed by atoms with van der Waals surface area (Å²) in [5.74, 6) is -0.260. The molecule has 1 aromatic heterocycles. The van der Waals surface area contributed by atoms with Gasteiger partial charge in [0.05, 0.1) is 7.11 Å². The molecular weight excluding hydrogens is 363 g/mol. The molecule has 0 saturated heterocycles. The number of nitrogens with zero attached hydrogens (tertiary/aromatic N) is 2. The second kappa shape index (κ2) is 5.04. The Labute approximate surface area is 104 Å². The highest BCUT2D eigenvalue weighted by Gasteiger charge is 2.16. The minimum atomic E-state index is -0.260. The molecule has 1 amide bonds. The maximum Gasteiger partial charge on any atom is 0.296 e. The summed E-state index contributed by atoms with van der Waals surface area (Å²) in [6, 6.07) is 1.82. The van der Waals surface area contributed by atoms with Crippen LogP contribution >= 0.6 is 38.5 Å². The fourth-order valence-electron chi connectivity index (χ4n) is 0.804. The van der Waals surface area contributed by atoms with E-state index in [2.05, 4.69) is 43.5 Å². The Hall–Kier alpha value is -0.210. The van der Waals surface area contributed by atoms with E-state index in [9.17, 15) is 4.79 Å². The van der Waals surface area contributed by atoms with Crippen LogP contribution in [0.25, 0.3) is 0 Å². The predicted molar refractivity (Wildman–Crippen MR) is 63.8 cm³/mol. The molecule has 0 bridgehead atoms. The smallest absolute Gasteiger partial charge is 0.274 e. The molecule has 6 heteroatoms. The molecular formula is C8H8BrIN2O2. The van der Waals surface area contributed by atoms with Gasteiger partial charge in [-0.15, -0.1) is 0 Å². The molecule has 4 nitrogen and oxygen atoms in total. The Morgan fingerprint density at radius 3 is 2.86 bits per heavy atom. The maximum absolute atomic E-state index is 11.6. The van der Waals surface area contributed by atoms with Gasteiger partial charge in [-0.25, -0.2) is 10.0 Å². The van der Waals surface area contributed by atoms with Gasteiger partial charge in [-0.2, -0.15) is 0 Å². The average molecular weight is 371 g/mol. The monoisotopic (exact) mass is 370 g/mol. The predicted octanol–water partition coefficient (Wildman–Crippen LogP) is 2.08. The number of aromatic nitrogens is 1. The molecule has 0 fully saturated rings. The third-order valence-corrected chi connectivity index (χ3v) is 2.83. The number of halogens is 2. The van der Waals surface area contributed by atoms with Crippen molar-refractivity contribution in [1.82, 2.24) is 10.0 Å². The van der Waals surface area contributed by atoms with Crippen molar-refractivity contribution in [2.75, 3.05) is 14.2 Å². The van der Waals surface area contributed by atoms with E-state index in [1.807, 2.05) is 6.07 Å². The Kier molecular flexibility index (Phi) is 4.27. The van der Waals surface area contributed by atoms with Gasteiger partial charge in [0.1, 0.15) is 5.69 Å². The normalized spacial score (nSPS) is 10.0. The van der Waals surface area contributed by atoms with Crippen LogP contribution in [0, 0.1) is 3.57 Å². The molecule has 1 aromatic rings. The summed E-state index contributed by atoms with van der Waals surface area (Å²) in [5, 5.41) is 1.14. The summed E-state index contributed by atoms with van der Waals surface area (Å²) in [7, 11) is 2.98. The molecule has 0 radical (unpaired) electrons. The van der Waals surface area contributed by atoms with Crippen LogP contribution in [-0.2, 0) is 4.84 Å². The first-order chi connectivity index (χ1) is 6.56. The third-order valence-electron chi connectivity index (χ3n) is 1.57. The molecule has 0 unspecified atom stereocenters. The van der Waals surface area contributed by atoms with E-state index >= 15 is 0 Å². The van der Waals surface area contributed by atoms with Gasteiger partial charge in [0.25, 0.3) is 5.91 Å². The lowest BCUT2D eigenvalue weighted by atomic mass is 10.3. The highest BCUT2D eigenvalue weighted by atomic mass is 127. The maximum atomic E-state index is 11.6. The van der Waals surface area contributed by atoms with Gasteiger partial charge in [-0.05, 0) is 44.6 Å². The minimum Gasteiger partial charge on any atom is -0.274 e. The standard InChI is InChI=1S/C8H8BrIN2O2/c1-12(14-2)8(13)7-6(10)3-5(9)4-11-7/h3-4H,1-2H3. The van der Waals surface area contributed by atoms with Gasteiger partial charge in [-0.1, -0.05) is 0 Å². The first-order valence-corrected chi connectivity index (χ1v) is 5.56. The molecule has 0 aromatic carbocycles. The van der Waals surface area contributed by atoms with Crippen LogP contribution in [-0.4, -0.2) is 30.1 Å². The lowest BCUT2D eigenvalue weighted by Gasteiger charge is -2.13. The fraction of sp³-hybridized carbons (Fsp3) is 0.250. The van der Waals surface area contributed by atoms with E-state index in [-0.39, 0.29) is 5.91 Å². The lowest BCUT2D eigenvalue weighted by Crippen LogP contribution is -2.27.